The lowest BCUT2D eigenvalue weighted by molar-refractivity contribution is 0.110. The van der Waals surface area contributed by atoms with Crippen LogP contribution < -0.4 is 15.4 Å². The first kappa shape index (κ1) is 23.0. The number of hydrogen-bond acceptors (Lipinski definition) is 3. The molecule has 0 aliphatic rings. The highest BCUT2D eigenvalue weighted by atomic mass is 127. The van der Waals surface area contributed by atoms with Gasteiger partial charge in [-0.3, -0.25) is 4.99 Å². The molecule has 0 atom stereocenters. The Bertz CT molecular complexity index is 493. The van der Waals surface area contributed by atoms with Gasteiger partial charge in [0.1, 0.15) is 12.4 Å². The predicted molar refractivity (Wildman–Crippen MR) is 112 cm³/mol. The van der Waals surface area contributed by atoms with Crippen LogP contribution in [0.2, 0.25) is 0 Å². The van der Waals surface area contributed by atoms with Crippen LogP contribution in [-0.4, -0.2) is 39.4 Å². The molecular weight excluding hydrogens is 417 g/mol. The number of ether oxygens (including phenoxy) is 2. The minimum absolute atomic E-state index is 0. The molecule has 0 heterocycles. The molecule has 24 heavy (non-hydrogen) atoms. The van der Waals surface area contributed by atoms with Crippen molar-refractivity contribution in [3.8, 4) is 5.75 Å². The summed E-state index contributed by atoms with van der Waals surface area (Å²) < 4.78 is 11.2. The molecule has 5 nitrogen and oxygen atoms in total. The van der Waals surface area contributed by atoms with Crippen LogP contribution in [0.1, 0.15) is 31.9 Å². The van der Waals surface area contributed by atoms with Crippen LogP contribution >= 0.6 is 24.0 Å². The lowest BCUT2D eigenvalue weighted by Crippen LogP contribution is -2.38. The second kappa shape index (κ2) is 13.3. The van der Waals surface area contributed by atoms with E-state index in [-0.39, 0.29) is 24.0 Å². The Balaban J connectivity index is 0.00000529. The van der Waals surface area contributed by atoms with E-state index in [4.69, 9.17) is 9.47 Å². The average molecular weight is 449 g/mol. The van der Waals surface area contributed by atoms with Crippen molar-refractivity contribution in [1.29, 1.82) is 0 Å². The number of aryl methyl sites for hydroxylation is 1. The van der Waals surface area contributed by atoms with Crippen LogP contribution in [0.25, 0.3) is 0 Å². The van der Waals surface area contributed by atoms with E-state index in [0.717, 1.165) is 23.8 Å². The molecule has 0 unspecified atom stereocenters. The second-order valence-corrected chi connectivity index (χ2v) is 5.86. The summed E-state index contributed by atoms with van der Waals surface area (Å²) in [4.78, 5) is 4.24. The first-order valence-corrected chi connectivity index (χ1v) is 8.31. The topological polar surface area (TPSA) is 54.9 Å². The molecule has 1 aromatic carbocycles. The summed E-state index contributed by atoms with van der Waals surface area (Å²) in [6, 6.07) is 6.25. The zero-order valence-electron chi connectivity index (χ0n) is 15.5. The number of hydrogen-bond donors (Lipinski definition) is 2. The Labute approximate surface area is 163 Å². The molecule has 0 aromatic heterocycles. The molecule has 0 amide bonds. The Morgan fingerprint density at radius 3 is 2.58 bits per heavy atom. The van der Waals surface area contributed by atoms with E-state index < -0.39 is 0 Å². The molecule has 0 aliphatic carbocycles. The minimum atomic E-state index is 0. The number of aliphatic imine (C=N–C) groups is 1. The van der Waals surface area contributed by atoms with Crippen molar-refractivity contribution in [3.05, 3.63) is 29.3 Å². The van der Waals surface area contributed by atoms with Crippen LogP contribution in [0.5, 0.6) is 5.75 Å². The third kappa shape index (κ3) is 9.32. The summed E-state index contributed by atoms with van der Waals surface area (Å²) in [5.74, 6) is 2.28. The van der Waals surface area contributed by atoms with Crippen molar-refractivity contribution in [1.82, 2.24) is 10.6 Å². The summed E-state index contributed by atoms with van der Waals surface area (Å²) in [6.45, 7) is 11.8. The third-order valence-corrected chi connectivity index (χ3v) is 3.26. The maximum atomic E-state index is 5.86. The van der Waals surface area contributed by atoms with Crippen LogP contribution in [0.4, 0.5) is 0 Å². The van der Waals surface area contributed by atoms with E-state index in [1.807, 2.05) is 6.92 Å². The zero-order valence-corrected chi connectivity index (χ0v) is 17.8. The fourth-order valence-corrected chi connectivity index (χ4v) is 2.00. The summed E-state index contributed by atoms with van der Waals surface area (Å²) in [5.41, 5.74) is 2.29. The van der Waals surface area contributed by atoms with Gasteiger partial charge in [-0.05, 0) is 31.4 Å². The van der Waals surface area contributed by atoms with Gasteiger partial charge in [0.2, 0.25) is 0 Å². The summed E-state index contributed by atoms with van der Waals surface area (Å²) in [5, 5.41) is 6.64. The predicted octanol–water partition coefficient (Wildman–Crippen LogP) is 3.35. The fraction of sp³-hybridized carbons (Fsp3) is 0.611. The first-order valence-electron chi connectivity index (χ1n) is 8.31. The van der Waals surface area contributed by atoms with E-state index in [1.165, 1.54) is 5.56 Å². The Hall–Kier alpha value is -1.02. The van der Waals surface area contributed by atoms with Crippen LogP contribution in [0.15, 0.2) is 23.2 Å². The first-order chi connectivity index (χ1) is 11.1. The molecule has 0 bridgehead atoms. The highest BCUT2D eigenvalue weighted by Gasteiger charge is 2.06. The van der Waals surface area contributed by atoms with Gasteiger partial charge in [-0.25, -0.2) is 0 Å². The van der Waals surface area contributed by atoms with Crippen LogP contribution in [0.3, 0.4) is 0 Å². The Kier molecular flexibility index (Phi) is 12.7. The van der Waals surface area contributed by atoms with Gasteiger partial charge in [-0.15, -0.1) is 24.0 Å². The smallest absolute Gasteiger partial charge is 0.191 e. The number of nitrogens with one attached hydrogen (secondary N) is 2. The van der Waals surface area contributed by atoms with Crippen molar-refractivity contribution < 1.29 is 9.47 Å². The molecule has 0 radical (unpaired) electrons. The largest absolute Gasteiger partial charge is 0.491 e. The quantitative estimate of drug-likeness (QED) is 0.263. The van der Waals surface area contributed by atoms with Gasteiger partial charge in [0.05, 0.1) is 6.61 Å². The SMILES string of the molecule is CCOCCOc1cc(C)ccc1CNC(=NC)NCC(C)C.I. The zero-order chi connectivity index (χ0) is 17.1. The lowest BCUT2D eigenvalue weighted by atomic mass is 10.1. The van der Waals surface area contributed by atoms with Crippen molar-refractivity contribution in [2.45, 2.75) is 34.2 Å². The van der Waals surface area contributed by atoms with Gasteiger partial charge < -0.3 is 20.1 Å². The molecular formula is C18H32IN3O2. The van der Waals surface area contributed by atoms with Crippen LogP contribution in [-0.2, 0) is 11.3 Å². The standard InChI is InChI=1S/C18H31N3O2.HI/c1-6-22-9-10-23-17-11-15(4)7-8-16(17)13-21-18(19-5)20-12-14(2)3;/h7-8,11,14H,6,9-10,12-13H2,1-5H3,(H2,19,20,21);1H. The summed E-state index contributed by atoms with van der Waals surface area (Å²) in [7, 11) is 1.78. The second-order valence-electron chi connectivity index (χ2n) is 5.86. The molecule has 0 saturated carbocycles. The van der Waals surface area contributed by atoms with Gasteiger partial charge in [0.15, 0.2) is 5.96 Å². The van der Waals surface area contributed by atoms with E-state index in [2.05, 4.69) is 54.6 Å². The normalized spacial score (nSPS) is 11.2. The Morgan fingerprint density at radius 1 is 1.21 bits per heavy atom. The van der Waals surface area contributed by atoms with E-state index >= 15 is 0 Å². The fourth-order valence-electron chi connectivity index (χ4n) is 2.00. The van der Waals surface area contributed by atoms with Crippen molar-refractivity contribution >= 4 is 29.9 Å². The highest BCUT2D eigenvalue weighted by molar-refractivity contribution is 14.0. The number of rotatable bonds is 9. The number of halogens is 1. The minimum Gasteiger partial charge on any atom is -0.491 e. The Morgan fingerprint density at radius 2 is 1.96 bits per heavy atom. The van der Waals surface area contributed by atoms with Gasteiger partial charge in [0, 0.05) is 32.3 Å². The molecule has 6 heteroatoms. The molecule has 0 aliphatic heterocycles. The summed E-state index contributed by atoms with van der Waals surface area (Å²) >= 11 is 0. The molecule has 2 N–H and O–H groups in total. The van der Waals surface area contributed by atoms with Crippen LogP contribution in [0, 0.1) is 12.8 Å². The third-order valence-electron chi connectivity index (χ3n) is 3.26. The van der Waals surface area contributed by atoms with E-state index in [0.29, 0.717) is 32.3 Å². The average Bonchev–Trinajstić information content (AvgIpc) is 2.53. The highest BCUT2D eigenvalue weighted by Crippen LogP contribution is 2.20. The van der Waals surface area contributed by atoms with Gasteiger partial charge in [-0.2, -0.15) is 0 Å². The van der Waals surface area contributed by atoms with E-state index in [9.17, 15) is 0 Å². The molecule has 0 fully saturated rings. The van der Waals surface area contributed by atoms with Gasteiger partial charge >= 0.3 is 0 Å². The van der Waals surface area contributed by atoms with Crippen molar-refractivity contribution in [2.24, 2.45) is 10.9 Å². The number of benzene rings is 1. The van der Waals surface area contributed by atoms with Gasteiger partial charge in [0.25, 0.3) is 0 Å². The maximum Gasteiger partial charge on any atom is 0.191 e. The monoisotopic (exact) mass is 449 g/mol. The number of nitrogens with zero attached hydrogens (tertiary/aromatic N) is 1. The maximum absolute atomic E-state index is 5.86. The lowest BCUT2D eigenvalue weighted by Gasteiger charge is -2.16. The number of guanidine groups is 1. The molecule has 138 valence electrons. The van der Waals surface area contributed by atoms with Crippen molar-refractivity contribution in [3.63, 3.8) is 0 Å². The van der Waals surface area contributed by atoms with Crippen molar-refractivity contribution in [2.75, 3.05) is 33.4 Å². The molecule has 0 saturated heterocycles. The molecule has 0 spiro atoms. The van der Waals surface area contributed by atoms with Gasteiger partial charge in [-0.1, -0.05) is 26.0 Å². The molecule has 1 rings (SSSR count). The summed E-state index contributed by atoms with van der Waals surface area (Å²) in [6.07, 6.45) is 0. The van der Waals surface area contributed by atoms with E-state index in [1.54, 1.807) is 7.05 Å². The molecule has 1 aromatic rings.